The lowest BCUT2D eigenvalue weighted by molar-refractivity contribution is 0.0946. The summed E-state index contributed by atoms with van der Waals surface area (Å²) in [6.07, 6.45) is 3.31. The van der Waals surface area contributed by atoms with Gasteiger partial charge in [0.05, 0.1) is 0 Å². The van der Waals surface area contributed by atoms with E-state index >= 15 is 0 Å². The number of nitrogens with one attached hydrogen (secondary N) is 2. The molecular weight excluding hydrogens is 248 g/mol. The maximum atomic E-state index is 12.2. The van der Waals surface area contributed by atoms with E-state index in [-0.39, 0.29) is 5.91 Å². The Bertz CT molecular complexity index is 425. The van der Waals surface area contributed by atoms with Crippen LogP contribution in [0.25, 0.3) is 0 Å². The molecule has 0 spiro atoms. The molecular formula is C17H28N2O. The molecule has 0 aliphatic rings. The SMILES string of the molecule is CCCNc1ccc(C(=O)NCC(CC)CC)c(C)c1. The topological polar surface area (TPSA) is 41.1 Å². The summed E-state index contributed by atoms with van der Waals surface area (Å²) in [6.45, 7) is 10.2. The highest BCUT2D eigenvalue weighted by Gasteiger charge is 2.11. The van der Waals surface area contributed by atoms with Crippen LogP contribution in [0.1, 0.15) is 56.0 Å². The van der Waals surface area contributed by atoms with Crippen molar-refractivity contribution in [3.8, 4) is 0 Å². The van der Waals surface area contributed by atoms with Crippen LogP contribution >= 0.6 is 0 Å². The molecule has 0 saturated carbocycles. The highest BCUT2D eigenvalue weighted by Crippen LogP contribution is 2.15. The van der Waals surface area contributed by atoms with Gasteiger partial charge in [0, 0.05) is 24.3 Å². The number of amides is 1. The van der Waals surface area contributed by atoms with Crippen molar-refractivity contribution >= 4 is 11.6 Å². The summed E-state index contributed by atoms with van der Waals surface area (Å²) in [6, 6.07) is 5.94. The summed E-state index contributed by atoms with van der Waals surface area (Å²) in [5, 5.41) is 6.38. The van der Waals surface area contributed by atoms with Crippen LogP contribution in [0.15, 0.2) is 18.2 Å². The van der Waals surface area contributed by atoms with Gasteiger partial charge in [0.25, 0.3) is 5.91 Å². The molecule has 0 unspecified atom stereocenters. The summed E-state index contributed by atoms with van der Waals surface area (Å²) in [4.78, 5) is 12.2. The summed E-state index contributed by atoms with van der Waals surface area (Å²) < 4.78 is 0. The van der Waals surface area contributed by atoms with Gasteiger partial charge in [0.1, 0.15) is 0 Å². The lowest BCUT2D eigenvalue weighted by Crippen LogP contribution is -2.29. The number of carbonyl (C=O) groups is 1. The van der Waals surface area contributed by atoms with Crippen molar-refractivity contribution in [1.29, 1.82) is 0 Å². The fourth-order valence-corrected chi connectivity index (χ4v) is 2.21. The molecule has 3 nitrogen and oxygen atoms in total. The smallest absolute Gasteiger partial charge is 0.251 e. The minimum absolute atomic E-state index is 0.0384. The molecule has 2 N–H and O–H groups in total. The number of carbonyl (C=O) groups excluding carboxylic acids is 1. The highest BCUT2D eigenvalue weighted by molar-refractivity contribution is 5.96. The summed E-state index contributed by atoms with van der Waals surface area (Å²) in [7, 11) is 0. The first-order valence-electron chi connectivity index (χ1n) is 7.75. The van der Waals surface area contributed by atoms with Crippen molar-refractivity contribution in [2.24, 2.45) is 5.92 Å². The van der Waals surface area contributed by atoms with E-state index in [1.54, 1.807) is 0 Å². The zero-order chi connectivity index (χ0) is 15.0. The molecule has 0 aliphatic carbocycles. The van der Waals surface area contributed by atoms with Gasteiger partial charge in [-0.2, -0.15) is 0 Å². The fraction of sp³-hybridized carbons (Fsp3) is 0.588. The van der Waals surface area contributed by atoms with Crippen molar-refractivity contribution in [2.45, 2.75) is 47.0 Å². The van der Waals surface area contributed by atoms with Crippen LogP contribution in [0.4, 0.5) is 5.69 Å². The maximum absolute atomic E-state index is 12.2. The standard InChI is InChI=1S/C17H28N2O/c1-5-10-18-15-8-9-16(13(4)11-15)17(20)19-12-14(6-2)7-3/h8-9,11,14,18H,5-7,10,12H2,1-4H3,(H,19,20). The van der Waals surface area contributed by atoms with E-state index in [1.807, 2.05) is 25.1 Å². The van der Waals surface area contributed by atoms with E-state index in [9.17, 15) is 4.79 Å². The van der Waals surface area contributed by atoms with E-state index in [2.05, 4.69) is 31.4 Å². The molecule has 1 aromatic rings. The third kappa shape index (κ3) is 4.87. The third-order valence-corrected chi connectivity index (χ3v) is 3.76. The number of benzene rings is 1. The van der Waals surface area contributed by atoms with E-state index in [1.165, 1.54) is 0 Å². The molecule has 1 rings (SSSR count). The van der Waals surface area contributed by atoms with Crippen LogP contribution in [0.2, 0.25) is 0 Å². The zero-order valence-corrected chi connectivity index (χ0v) is 13.3. The average Bonchev–Trinajstić information content (AvgIpc) is 2.46. The normalized spacial score (nSPS) is 10.7. The monoisotopic (exact) mass is 276 g/mol. The van der Waals surface area contributed by atoms with Gasteiger partial charge in [-0.1, -0.05) is 33.6 Å². The molecule has 1 amide bonds. The summed E-state index contributed by atoms with van der Waals surface area (Å²) >= 11 is 0. The Labute approximate surface area is 123 Å². The largest absolute Gasteiger partial charge is 0.385 e. The highest BCUT2D eigenvalue weighted by atomic mass is 16.1. The van der Waals surface area contributed by atoms with Crippen LogP contribution in [0.5, 0.6) is 0 Å². The fourth-order valence-electron chi connectivity index (χ4n) is 2.21. The van der Waals surface area contributed by atoms with E-state index in [0.717, 1.165) is 49.2 Å². The lowest BCUT2D eigenvalue weighted by atomic mass is 10.0. The molecule has 3 heteroatoms. The third-order valence-electron chi connectivity index (χ3n) is 3.76. The summed E-state index contributed by atoms with van der Waals surface area (Å²) in [5.41, 5.74) is 2.88. The van der Waals surface area contributed by atoms with Gasteiger partial charge in [-0.05, 0) is 43.0 Å². The van der Waals surface area contributed by atoms with Crippen LogP contribution in [-0.2, 0) is 0 Å². The average molecular weight is 276 g/mol. The number of rotatable bonds is 8. The molecule has 0 radical (unpaired) electrons. The van der Waals surface area contributed by atoms with Gasteiger partial charge in [-0.25, -0.2) is 0 Å². The van der Waals surface area contributed by atoms with Crippen molar-refractivity contribution in [3.05, 3.63) is 29.3 Å². The molecule has 112 valence electrons. The first-order valence-corrected chi connectivity index (χ1v) is 7.75. The zero-order valence-electron chi connectivity index (χ0n) is 13.3. The van der Waals surface area contributed by atoms with Gasteiger partial charge < -0.3 is 10.6 Å². The van der Waals surface area contributed by atoms with E-state index < -0.39 is 0 Å². The van der Waals surface area contributed by atoms with Crippen LogP contribution in [-0.4, -0.2) is 19.0 Å². The van der Waals surface area contributed by atoms with Gasteiger partial charge in [-0.15, -0.1) is 0 Å². The molecule has 0 fully saturated rings. The molecule has 0 atom stereocenters. The Kier molecular flexibility index (Phi) is 7.13. The minimum atomic E-state index is 0.0384. The number of hydrogen-bond acceptors (Lipinski definition) is 2. The second-order valence-electron chi connectivity index (χ2n) is 5.35. The predicted molar refractivity (Wildman–Crippen MR) is 86.4 cm³/mol. The van der Waals surface area contributed by atoms with E-state index in [0.29, 0.717) is 5.92 Å². The first kappa shape index (κ1) is 16.5. The second kappa shape index (κ2) is 8.62. The van der Waals surface area contributed by atoms with Gasteiger partial charge >= 0.3 is 0 Å². The predicted octanol–water partition coefficient (Wildman–Crippen LogP) is 3.98. The van der Waals surface area contributed by atoms with Gasteiger partial charge in [-0.3, -0.25) is 4.79 Å². The second-order valence-corrected chi connectivity index (χ2v) is 5.35. The van der Waals surface area contributed by atoms with Crippen molar-refractivity contribution in [2.75, 3.05) is 18.4 Å². The van der Waals surface area contributed by atoms with E-state index in [4.69, 9.17) is 0 Å². The van der Waals surface area contributed by atoms with Crippen molar-refractivity contribution in [1.82, 2.24) is 5.32 Å². The Balaban J connectivity index is 2.64. The number of anilines is 1. The molecule has 0 bridgehead atoms. The molecule has 1 aromatic carbocycles. The molecule has 0 saturated heterocycles. The quantitative estimate of drug-likeness (QED) is 0.754. The molecule has 20 heavy (non-hydrogen) atoms. The number of hydrogen-bond donors (Lipinski definition) is 2. The Morgan fingerprint density at radius 1 is 1.20 bits per heavy atom. The van der Waals surface area contributed by atoms with Crippen molar-refractivity contribution in [3.63, 3.8) is 0 Å². The lowest BCUT2D eigenvalue weighted by Gasteiger charge is -2.14. The van der Waals surface area contributed by atoms with Crippen LogP contribution in [0.3, 0.4) is 0 Å². The van der Waals surface area contributed by atoms with Crippen molar-refractivity contribution < 1.29 is 4.79 Å². The van der Waals surface area contributed by atoms with Crippen LogP contribution < -0.4 is 10.6 Å². The molecule has 0 aliphatic heterocycles. The minimum Gasteiger partial charge on any atom is -0.385 e. The van der Waals surface area contributed by atoms with Gasteiger partial charge in [0.2, 0.25) is 0 Å². The Morgan fingerprint density at radius 2 is 1.90 bits per heavy atom. The summed E-state index contributed by atoms with van der Waals surface area (Å²) in [5.74, 6) is 0.612. The maximum Gasteiger partial charge on any atom is 0.251 e. The van der Waals surface area contributed by atoms with Crippen LogP contribution in [0, 0.1) is 12.8 Å². The van der Waals surface area contributed by atoms with Gasteiger partial charge in [0.15, 0.2) is 0 Å². The molecule has 0 aromatic heterocycles. The Hall–Kier alpha value is -1.51. The molecule has 0 heterocycles. The first-order chi connectivity index (χ1) is 9.62. The Morgan fingerprint density at radius 3 is 2.45 bits per heavy atom. The number of aryl methyl sites for hydroxylation is 1.